The second-order valence-corrected chi connectivity index (χ2v) is 7.19. The SMILES string of the molecule is NC(=O)c1cccc(CNC(=O)c2ccc(OCC(=O)Nc3cccc(C(F)(F)F)c3)cc2)c1. The van der Waals surface area contributed by atoms with E-state index in [1.165, 1.54) is 36.4 Å². The topological polar surface area (TPSA) is 111 Å². The van der Waals surface area contributed by atoms with E-state index in [2.05, 4.69) is 10.6 Å². The zero-order chi connectivity index (χ0) is 24.7. The van der Waals surface area contributed by atoms with Gasteiger partial charge in [-0.2, -0.15) is 13.2 Å². The molecule has 0 heterocycles. The van der Waals surface area contributed by atoms with E-state index >= 15 is 0 Å². The minimum atomic E-state index is -4.52. The molecular formula is C24H20F3N3O4. The Balaban J connectivity index is 1.49. The van der Waals surface area contributed by atoms with Gasteiger partial charge in [0.25, 0.3) is 11.8 Å². The van der Waals surface area contributed by atoms with Crippen LogP contribution >= 0.6 is 0 Å². The Hall–Kier alpha value is -4.34. The summed E-state index contributed by atoms with van der Waals surface area (Å²) in [5.41, 5.74) is 5.75. The molecule has 3 aromatic rings. The van der Waals surface area contributed by atoms with Crippen molar-refractivity contribution in [2.75, 3.05) is 11.9 Å². The van der Waals surface area contributed by atoms with Crippen LogP contribution in [0.25, 0.3) is 0 Å². The smallest absolute Gasteiger partial charge is 0.416 e. The molecule has 176 valence electrons. The quantitative estimate of drug-likeness (QED) is 0.465. The van der Waals surface area contributed by atoms with Gasteiger partial charge in [-0.15, -0.1) is 0 Å². The van der Waals surface area contributed by atoms with Gasteiger partial charge in [-0.1, -0.05) is 18.2 Å². The Kier molecular flexibility index (Phi) is 7.52. The molecule has 3 amide bonds. The summed E-state index contributed by atoms with van der Waals surface area (Å²) >= 11 is 0. The lowest BCUT2D eigenvalue weighted by atomic mass is 10.1. The third-order valence-corrected chi connectivity index (χ3v) is 4.62. The first-order valence-corrected chi connectivity index (χ1v) is 9.99. The normalized spacial score (nSPS) is 10.9. The second-order valence-electron chi connectivity index (χ2n) is 7.19. The van der Waals surface area contributed by atoms with Gasteiger partial charge in [-0.05, 0) is 60.2 Å². The monoisotopic (exact) mass is 471 g/mol. The van der Waals surface area contributed by atoms with Crippen LogP contribution < -0.4 is 21.1 Å². The van der Waals surface area contributed by atoms with Gasteiger partial charge in [-0.25, -0.2) is 0 Å². The fourth-order valence-electron chi connectivity index (χ4n) is 2.94. The van der Waals surface area contributed by atoms with Crippen LogP contribution in [0, 0.1) is 0 Å². The van der Waals surface area contributed by atoms with Crippen LogP contribution in [0.15, 0.2) is 72.8 Å². The number of nitrogens with two attached hydrogens (primary N) is 1. The van der Waals surface area contributed by atoms with E-state index in [0.717, 1.165) is 12.1 Å². The highest BCUT2D eigenvalue weighted by Gasteiger charge is 2.30. The number of ether oxygens (including phenoxy) is 1. The standard InChI is InChI=1S/C24H20F3N3O4/c25-24(26,27)18-5-2-6-19(12-18)30-21(31)14-34-20-9-7-16(8-10-20)23(33)29-13-15-3-1-4-17(11-15)22(28)32/h1-12H,13-14H2,(H2,28,32)(H,29,33)(H,30,31). The van der Waals surface area contributed by atoms with Crippen molar-refractivity contribution in [3.05, 3.63) is 95.1 Å². The molecule has 0 saturated carbocycles. The van der Waals surface area contributed by atoms with Crippen LogP contribution in [0.3, 0.4) is 0 Å². The molecule has 0 radical (unpaired) electrons. The highest BCUT2D eigenvalue weighted by atomic mass is 19.4. The maximum Gasteiger partial charge on any atom is 0.416 e. The van der Waals surface area contributed by atoms with Crippen molar-refractivity contribution in [3.63, 3.8) is 0 Å². The maximum absolute atomic E-state index is 12.8. The predicted molar refractivity (Wildman–Crippen MR) is 118 cm³/mol. The largest absolute Gasteiger partial charge is 0.484 e. The number of halogens is 3. The van der Waals surface area contributed by atoms with Crippen LogP contribution in [0.5, 0.6) is 5.75 Å². The van der Waals surface area contributed by atoms with Gasteiger partial charge in [0.05, 0.1) is 5.56 Å². The van der Waals surface area contributed by atoms with Crippen LogP contribution in [-0.4, -0.2) is 24.3 Å². The van der Waals surface area contributed by atoms with Crippen molar-refractivity contribution in [1.29, 1.82) is 0 Å². The summed E-state index contributed by atoms with van der Waals surface area (Å²) in [6, 6.07) is 16.8. The Bertz CT molecular complexity index is 1190. The molecule has 0 atom stereocenters. The van der Waals surface area contributed by atoms with Gasteiger partial charge in [0.15, 0.2) is 6.61 Å². The lowest BCUT2D eigenvalue weighted by Gasteiger charge is -2.11. The summed E-state index contributed by atoms with van der Waals surface area (Å²) in [5, 5.41) is 5.06. The van der Waals surface area contributed by atoms with Crippen molar-refractivity contribution in [3.8, 4) is 5.75 Å². The van der Waals surface area contributed by atoms with Gasteiger partial charge in [0.1, 0.15) is 5.75 Å². The average Bonchev–Trinajstić information content (AvgIpc) is 2.81. The summed E-state index contributed by atoms with van der Waals surface area (Å²) in [6.45, 7) is -0.244. The summed E-state index contributed by atoms with van der Waals surface area (Å²) in [5.74, 6) is -1.27. The van der Waals surface area contributed by atoms with E-state index in [9.17, 15) is 27.6 Å². The Morgan fingerprint density at radius 3 is 2.26 bits per heavy atom. The van der Waals surface area contributed by atoms with Crippen LogP contribution in [0.4, 0.5) is 18.9 Å². The molecule has 0 spiro atoms. The molecule has 3 rings (SSSR count). The first-order chi connectivity index (χ1) is 16.1. The maximum atomic E-state index is 12.8. The van der Waals surface area contributed by atoms with Crippen LogP contribution in [0.1, 0.15) is 31.8 Å². The molecule has 0 aliphatic heterocycles. The Labute approximate surface area is 192 Å². The summed E-state index contributed by atoms with van der Waals surface area (Å²) in [6.07, 6.45) is -4.52. The fourth-order valence-corrected chi connectivity index (χ4v) is 2.94. The molecule has 34 heavy (non-hydrogen) atoms. The second kappa shape index (κ2) is 10.5. The molecule has 0 aliphatic carbocycles. The number of carbonyl (C=O) groups is 3. The minimum absolute atomic E-state index is 0.00295. The van der Waals surface area contributed by atoms with Gasteiger partial charge in [-0.3, -0.25) is 14.4 Å². The molecule has 0 aromatic heterocycles. The molecule has 4 N–H and O–H groups in total. The number of alkyl halides is 3. The van der Waals surface area contributed by atoms with Crippen molar-refractivity contribution >= 4 is 23.4 Å². The van der Waals surface area contributed by atoms with Gasteiger partial charge >= 0.3 is 6.18 Å². The van der Waals surface area contributed by atoms with Crippen molar-refractivity contribution in [2.24, 2.45) is 5.73 Å². The van der Waals surface area contributed by atoms with E-state index in [1.54, 1.807) is 24.3 Å². The Morgan fingerprint density at radius 2 is 1.59 bits per heavy atom. The fraction of sp³-hybridized carbons (Fsp3) is 0.125. The number of nitrogens with one attached hydrogen (secondary N) is 2. The van der Waals surface area contributed by atoms with Gasteiger partial charge in [0.2, 0.25) is 5.91 Å². The molecule has 0 fully saturated rings. The minimum Gasteiger partial charge on any atom is -0.484 e. The average molecular weight is 471 g/mol. The van der Waals surface area contributed by atoms with E-state index in [1.807, 2.05) is 0 Å². The number of hydrogen-bond donors (Lipinski definition) is 3. The molecule has 0 unspecified atom stereocenters. The van der Waals surface area contributed by atoms with Gasteiger partial charge in [0, 0.05) is 23.4 Å². The summed E-state index contributed by atoms with van der Waals surface area (Å²) in [4.78, 5) is 35.6. The number of primary amides is 1. The zero-order valence-electron chi connectivity index (χ0n) is 17.7. The number of benzene rings is 3. The lowest BCUT2D eigenvalue weighted by Crippen LogP contribution is -2.23. The highest BCUT2D eigenvalue weighted by molar-refractivity contribution is 5.95. The molecule has 0 bridgehead atoms. The number of anilines is 1. The Morgan fingerprint density at radius 1 is 0.882 bits per heavy atom. The van der Waals surface area contributed by atoms with Gasteiger partial charge < -0.3 is 21.1 Å². The summed E-state index contributed by atoms with van der Waals surface area (Å²) in [7, 11) is 0. The lowest BCUT2D eigenvalue weighted by molar-refractivity contribution is -0.137. The van der Waals surface area contributed by atoms with Crippen molar-refractivity contribution < 1.29 is 32.3 Å². The van der Waals surface area contributed by atoms with E-state index in [-0.39, 0.29) is 18.1 Å². The van der Waals surface area contributed by atoms with E-state index < -0.39 is 30.2 Å². The number of amides is 3. The van der Waals surface area contributed by atoms with E-state index in [0.29, 0.717) is 22.4 Å². The third kappa shape index (κ3) is 6.83. The molecule has 3 aromatic carbocycles. The number of rotatable bonds is 8. The number of hydrogen-bond acceptors (Lipinski definition) is 4. The zero-order valence-corrected chi connectivity index (χ0v) is 17.7. The van der Waals surface area contributed by atoms with Crippen LogP contribution in [0.2, 0.25) is 0 Å². The first-order valence-electron chi connectivity index (χ1n) is 9.99. The van der Waals surface area contributed by atoms with Crippen LogP contribution in [-0.2, 0) is 17.5 Å². The highest BCUT2D eigenvalue weighted by Crippen LogP contribution is 2.30. The number of carbonyl (C=O) groups excluding carboxylic acids is 3. The molecule has 0 aliphatic rings. The van der Waals surface area contributed by atoms with Crippen molar-refractivity contribution in [2.45, 2.75) is 12.7 Å². The molecule has 7 nitrogen and oxygen atoms in total. The van der Waals surface area contributed by atoms with E-state index in [4.69, 9.17) is 10.5 Å². The first kappa shape index (κ1) is 24.3. The summed E-state index contributed by atoms with van der Waals surface area (Å²) < 4.78 is 43.6. The molecular weight excluding hydrogens is 451 g/mol. The molecule has 0 saturated heterocycles. The third-order valence-electron chi connectivity index (χ3n) is 4.62. The predicted octanol–water partition coefficient (Wildman–Crippen LogP) is 3.75. The van der Waals surface area contributed by atoms with Crippen molar-refractivity contribution in [1.82, 2.24) is 5.32 Å². The molecule has 10 heteroatoms.